The van der Waals surface area contributed by atoms with Gasteiger partial charge in [0, 0.05) is 14.1 Å². The van der Waals surface area contributed by atoms with Gasteiger partial charge in [-0.1, -0.05) is 12.8 Å². The monoisotopic (exact) mass is 252 g/mol. The van der Waals surface area contributed by atoms with Gasteiger partial charge in [-0.2, -0.15) is 5.10 Å². The number of hydrogen-bond acceptors (Lipinski definition) is 4. The number of nitrogen functional groups attached to an aromatic ring is 1. The van der Waals surface area contributed by atoms with Crippen molar-refractivity contribution < 1.29 is 9.90 Å². The fourth-order valence-corrected chi connectivity index (χ4v) is 2.58. The number of nitrogens with zero attached hydrogens (tertiary/aromatic N) is 3. The summed E-state index contributed by atoms with van der Waals surface area (Å²) in [7, 11) is 3.41. The number of nitrogens with two attached hydrogens (primary N) is 1. The quantitative estimate of drug-likeness (QED) is 0.797. The molecule has 2 atom stereocenters. The molecule has 1 fully saturated rings. The van der Waals surface area contributed by atoms with Crippen LogP contribution in [0.5, 0.6) is 0 Å². The largest absolute Gasteiger partial charge is 0.396 e. The van der Waals surface area contributed by atoms with Crippen molar-refractivity contribution in [3.63, 3.8) is 0 Å². The highest BCUT2D eigenvalue weighted by molar-refractivity contribution is 5.97. The Bertz CT molecular complexity index is 424. The van der Waals surface area contributed by atoms with Crippen LogP contribution in [0.15, 0.2) is 6.20 Å². The highest BCUT2D eigenvalue weighted by Crippen LogP contribution is 2.24. The summed E-state index contributed by atoms with van der Waals surface area (Å²) in [6, 6.07) is -0.124. The van der Waals surface area contributed by atoms with Crippen LogP contribution in [0.1, 0.15) is 36.2 Å². The lowest BCUT2D eigenvalue weighted by Gasteiger charge is -2.35. The number of carbonyl (C=O) groups excluding carboxylic acids is 1. The van der Waals surface area contributed by atoms with E-state index in [-0.39, 0.29) is 11.9 Å². The Kier molecular flexibility index (Phi) is 3.56. The Morgan fingerprint density at radius 1 is 1.56 bits per heavy atom. The highest BCUT2D eigenvalue weighted by Gasteiger charge is 2.31. The average Bonchev–Trinajstić information content (AvgIpc) is 2.68. The lowest BCUT2D eigenvalue weighted by atomic mass is 9.91. The zero-order chi connectivity index (χ0) is 13.3. The van der Waals surface area contributed by atoms with Gasteiger partial charge >= 0.3 is 0 Å². The summed E-state index contributed by atoms with van der Waals surface area (Å²) in [5, 5.41) is 13.9. The molecule has 6 heteroatoms. The van der Waals surface area contributed by atoms with Crippen molar-refractivity contribution in [2.24, 2.45) is 7.05 Å². The Morgan fingerprint density at radius 3 is 2.78 bits per heavy atom. The summed E-state index contributed by atoms with van der Waals surface area (Å²) >= 11 is 0. The number of anilines is 1. The van der Waals surface area contributed by atoms with Crippen molar-refractivity contribution in [1.82, 2.24) is 14.7 Å². The number of likely N-dealkylation sites (N-methyl/N-ethyl adjacent to an activating group) is 1. The molecule has 1 aromatic rings. The standard InChI is InChI=1S/C12H20N4O2/c1-15(9-5-3-4-6-10(9)17)12(18)11-8(13)7-14-16(11)2/h7,9-10,17H,3-6,13H2,1-2H3. The minimum absolute atomic E-state index is 0.124. The van der Waals surface area contributed by atoms with Crippen LogP contribution in [0.4, 0.5) is 5.69 Å². The maximum Gasteiger partial charge on any atom is 0.274 e. The third kappa shape index (κ3) is 2.20. The molecule has 0 spiro atoms. The fraction of sp³-hybridized carbons (Fsp3) is 0.667. The first-order valence-electron chi connectivity index (χ1n) is 6.25. The lowest BCUT2D eigenvalue weighted by Crippen LogP contribution is -2.46. The van der Waals surface area contributed by atoms with Crippen LogP contribution in [0.25, 0.3) is 0 Å². The fourth-order valence-electron chi connectivity index (χ4n) is 2.58. The molecule has 1 aliphatic carbocycles. The average molecular weight is 252 g/mol. The molecule has 1 heterocycles. The van der Waals surface area contributed by atoms with E-state index in [1.807, 2.05) is 0 Å². The first-order chi connectivity index (χ1) is 8.52. The molecule has 2 rings (SSSR count). The number of aliphatic hydroxyl groups is 1. The van der Waals surface area contributed by atoms with Gasteiger partial charge in [0.1, 0.15) is 5.69 Å². The Hall–Kier alpha value is -1.56. The van der Waals surface area contributed by atoms with Crippen molar-refractivity contribution >= 4 is 11.6 Å². The van der Waals surface area contributed by atoms with E-state index in [1.165, 1.54) is 10.9 Å². The molecule has 0 radical (unpaired) electrons. The predicted octanol–water partition coefficient (Wildman–Crippen LogP) is 0.378. The number of carbonyl (C=O) groups is 1. The third-order valence-corrected chi connectivity index (χ3v) is 3.68. The molecule has 6 nitrogen and oxygen atoms in total. The molecule has 3 N–H and O–H groups in total. The second-order valence-corrected chi connectivity index (χ2v) is 4.91. The minimum atomic E-state index is -0.442. The molecular weight excluding hydrogens is 232 g/mol. The van der Waals surface area contributed by atoms with E-state index in [0.717, 1.165) is 25.7 Å². The number of aliphatic hydroxyl groups excluding tert-OH is 1. The minimum Gasteiger partial charge on any atom is -0.396 e. The summed E-state index contributed by atoms with van der Waals surface area (Å²) in [6.07, 6.45) is 4.68. The van der Waals surface area contributed by atoms with Gasteiger partial charge in [-0.3, -0.25) is 9.48 Å². The van der Waals surface area contributed by atoms with Crippen molar-refractivity contribution in [1.29, 1.82) is 0 Å². The maximum absolute atomic E-state index is 12.4. The molecule has 1 aromatic heterocycles. The van der Waals surface area contributed by atoms with Crippen LogP contribution in [-0.4, -0.2) is 44.9 Å². The molecule has 100 valence electrons. The molecule has 0 bridgehead atoms. The molecule has 18 heavy (non-hydrogen) atoms. The van der Waals surface area contributed by atoms with Crippen LogP contribution in [0, 0.1) is 0 Å². The SMILES string of the molecule is CN(C(=O)c1c(N)cnn1C)C1CCCCC1O. The van der Waals surface area contributed by atoms with Crippen LogP contribution < -0.4 is 5.73 Å². The van der Waals surface area contributed by atoms with E-state index in [0.29, 0.717) is 11.4 Å². The van der Waals surface area contributed by atoms with Gasteiger partial charge in [0.05, 0.1) is 24.0 Å². The molecule has 0 saturated heterocycles. The molecule has 1 amide bonds. The van der Waals surface area contributed by atoms with Gasteiger partial charge < -0.3 is 15.7 Å². The number of aryl methyl sites for hydroxylation is 1. The summed E-state index contributed by atoms with van der Waals surface area (Å²) in [4.78, 5) is 14.0. The van der Waals surface area contributed by atoms with Crippen molar-refractivity contribution in [2.75, 3.05) is 12.8 Å². The van der Waals surface area contributed by atoms with Crippen molar-refractivity contribution in [2.45, 2.75) is 37.8 Å². The highest BCUT2D eigenvalue weighted by atomic mass is 16.3. The molecule has 1 saturated carbocycles. The molecule has 1 aliphatic rings. The van der Waals surface area contributed by atoms with Crippen LogP contribution in [-0.2, 0) is 7.05 Å². The van der Waals surface area contributed by atoms with Crippen LogP contribution >= 0.6 is 0 Å². The van der Waals surface area contributed by atoms with Gasteiger partial charge in [-0.05, 0) is 12.8 Å². The molecule has 0 aliphatic heterocycles. The summed E-state index contributed by atoms with van der Waals surface area (Å²) in [5.74, 6) is -0.182. The third-order valence-electron chi connectivity index (χ3n) is 3.68. The van der Waals surface area contributed by atoms with Gasteiger partial charge in [-0.25, -0.2) is 0 Å². The first-order valence-corrected chi connectivity index (χ1v) is 6.25. The topological polar surface area (TPSA) is 84.4 Å². The Morgan fingerprint density at radius 2 is 2.22 bits per heavy atom. The normalized spacial score (nSPS) is 23.9. The van der Waals surface area contributed by atoms with Gasteiger partial charge in [-0.15, -0.1) is 0 Å². The second kappa shape index (κ2) is 4.97. The van der Waals surface area contributed by atoms with Crippen molar-refractivity contribution in [3.05, 3.63) is 11.9 Å². The first kappa shape index (κ1) is 12.9. The van der Waals surface area contributed by atoms with E-state index < -0.39 is 6.10 Å². The smallest absolute Gasteiger partial charge is 0.274 e. The van der Waals surface area contributed by atoms with E-state index in [2.05, 4.69) is 5.10 Å². The Balaban J connectivity index is 2.18. The van der Waals surface area contributed by atoms with Crippen LogP contribution in [0.3, 0.4) is 0 Å². The van der Waals surface area contributed by atoms with E-state index in [1.54, 1.807) is 19.0 Å². The zero-order valence-electron chi connectivity index (χ0n) is 10.8. The zero-order valence-corrected chi connectivity index (χ0v) is 10.8. The van der Waals surface area contributed by atoms with Gasteiger partial charge in [0.25, 0.3) is 5.91 Å². The van der Waals surface area contributed by atoms with Crippen molar-refractivity contribution in [3.8, 4) is 0 Å². The summed E-state index contributed by atoms with van der Waals surface area (Å²) < 4.78 is 1.48. The second-order valence-electron chi connectivity index (χ2n) is 4.91. The molecular formula is C12H20N4O2. The van der Waals surface area contributed by atoms with Crippen LogP contribution in [0.2, 0.25) is 0 Å². The maximum atomic E-state index is 12.4. The predicted molar refractivity (Wildman–Crippen MR) is 68.0 cm³/mol. The Labute approximate surface area is 106 Å². The number of amides is 1. The number of rotatable bonds is 2. The van der Waals surface area contributed by atoms with Gasteiger partial charge in [0.15, 0.2) is 0 Å². The summed E-state index contributed by atoms with van der Waals surface area (Å²) in [6.45, 7) is 0. The lowest BCUT2D eigenvalue weighted by molar-refractivity contribution is 0.0262. The van der Waals surface area contributed by atoms with E-state index >= 15 is 0 Å². The number of aromatic nitrogens is 2. The van der Waals surface area contributed by atoms with E-state index in [4.69, 9.17) is 5.73 Å². The van der Waals surface area contributed by atoms with Gasteiger partial charge in [0.2, 0.25) is 0 Å². The number of hydrogen-bond donors (Lipinski definition) is 2. The summed E-state index contributed by atoms with van der Waals surface area (Å²) in [5.41, 5.74) is 6.51. The molecule has 0 aromatic carbocycles. The molecule has 2 unspecified atom stereocenters. The van der Waals surface area contributed by atoms with E-state index in [9.17, 15) is 9.90 Å².